The van der Waals surface area contributed by atoms with Crippen molar-refractivity contribution < 1.29 is 24.3 Å². The lowest BCUT2D eigenvalue weighted by Gasteiger charge is -2.42. The van der Waals surface area contributed by atoms with Gasteiger partial charge in [-0.25, -0.2) is 0 Å². The molecule has 1 saturated heterocycles. The molecule has 4 atom stereocenters. The SMILES string of the molecule is CN(C)c1ccc(N=Nc2ccc(N3C(=O)[C@H]4[C@H](CC=C5[C@H](c6ccc(O)cc6)C6=C(C[C@H]54)C(=O)C(Br)=CC6=O)C3=O)cc2)cc1. The molecule has 0 aromatic heterocycles. The topological polar surface area (TPSA) is 120 Å². The molecule has 0 radical (unpaired) electrons. The lowest BCUT2D eigenvalue weighted by Crippen LogP contribution is -2.39. The average molecular weight is 678 g/mol. The van der Waals surface area contributed by atoms with E-state index < -0.39 is 23.7 Å². The van der Waals surface area contributed by atoms with Crippen LogP contribution in [0.25, 0.3) is 0 Å². The minimum absolute atomic E-state index is 0.0787. The van der Waals surface area contributed by atoms with E-state index in [0.717, 1.165) is 16.8 Å². The van der Waals surface area contributed by atoms with Crippen molar-refractivity contribution in [2.75, 3.05) is 23.9 Å². The van der Waals surface area contributed by atoms with Crippen molar-refractivity contribution >= 4 is 62.1 Å². The number of benzene rings is 3. The molecule has 9 nitrogen and oxygen atoms in total. The molecule has 1 N–H and O–H groups in total. The molecule has 0 spiro atoms. The molecule has 0 unspecified atom stereocenters. The van der Waals surface area contributed by atoms with Gasteiger partial charge in [-0.05, 0) is 101 Å². The van der Waals surface area contributed by atoms with Crippen LogP contribution >= 0.6 is 15.9 Å². The molecule has 1 aliphatic heterocycles. The van der Waals surface area contributed by atoms with E-state index in [1.165, 1.54) is 11.0 Å². The highest BCUT2D eigenvalue weighted by Crippen LogP contribution is 2.55. The number of imide groups is 1. The largest absolute Gasteiger partial charge is 0.508 e. The summed E-state index contributed by atoms with van der Waals surface area (Å²) in [6, 6.07) is 21.0. The number of nitrogens with zero attached hydrogens (tertiary/aromatic N) is 4. The highest BCUT2D eigenvalue weighted by molar-refractivity contribution is 9.12. The van der Waals surface area contributed by atoms with Crippen LogP contribution in [0.2, 0.25) is 0 Å². The summed E-state index contributed by atoms with van der Waals surface area (Å²) in [7, 11) is 3.93. The van der Waals surface area contributed by atoms with E-state index >= 15 is 0 Å². The fourth-order valence-electron chi connectivity index (χ4n) is 7.11. The fraction of sp³-hybridized carbons (Fsp3) is 0.222. The van der Waals surface area contributed by atoms with Crippen molar-refractivity contribution in [3.8, 4) is 5.75 Å². The first-order valence-electron chi connectivity index (χ1n) is 15.0. The van der Waals surface area contributed by atoms with E-state index in [1.54, 1.807) is 48.5 Å². The number of halogens is 1. The lowest BCUT2D eigenvalue weighted by molar-refractivity contribution is -0.123. The van der Waals surface area contributed by atoms with E-state index in [0.29, 0.717) is 34.6 Å². The van der Waals surface area contributed by atoms with Crippen molar-refractivity contribution in [3.05, 3.63) is 112 Å². The Morgan fingerprint density at radius 3 is 2.09 bits per heavy atom. The summed E-state index contributed by atoms with van der Waals surface area (Å²) in [6.07, 6.45) is 3.81. The molecule has 4 aliphatic rings. The summed E-state index contributed by atoms with van der Waals surface area (Å²) < 4.78 is 0.179. The smallest absolute Gasteiger partial charge is 0.238 e. The fourth-order valence-corrected chi connectivity index (χ4v) is 7.56. The van der Waals surface area contributed by atoms with Crippen LogP contribution in [0.15, 0.2) is 116 Å². The van der Waals surface area contributed by atoms with Gasteiger partial charge in [0.05, 0.1) is 33.4 Å². The second kappa shape index (κ2) is 11.4. The maximum absolute atomic E-state index is 14.1. The van der Waals surface area contributed by atoms with Crippen LogP contribution in [-0.4, -0.2) is 42.6 Å². The number of rotatable bonds is 5. The standard InChI is InChI=1S/C36H29BrN4O5/c1-40(2)22-9-5-20(6-10-22)38-39-21-7-11-23(12-8-21)41-35(45)26-16-15-25-27(32(26)36(41)46)17-28-33(30(43)18-29(37)34(28)44)31(25)19-3-13-24(42)14-4-19/h3-15,18,26-27,31-32,42H,16-17H2,1-2H3/t26-,27+,31-,32-/m0/s1. The Labute approximate surface area is 273 Å². The van der Waals surface area contributed by atoms with Crippen LogP contribution < -0.4 is 9.80 Å². The van der Waals surface area contributed by atoms with Gasteiger partial charge in [0.1, 0.15) is 5.75 Å². The lowest BCUT2D eigenvalue weighted by atomic mass is 9.59. The van der Waals surface area contributed by atoms with Crippen molar-refractivity contribution in [1.82, 2.24) is 0 Å². The van der Waals surface area contributed by atoms with Gasteiger partial charge >= 0.3 is 0 Å². The number of carbonyl (C=O) groups excluding carboxylic acids is 4. The van der Waals surface area contributed by atoms with Gasteiger partial charge in [0.25, 0.3) is 0 Å². The predicted molar refractivity (Wildman–Crippen MR) is 177 cm³/mol. The van der Waals surface area contributed by atoms with Crippen LogP contribution in [-0.2, 0) is 19.2 Å². The predicted octanol–water partition coefficient (Wildman–Crippen LogP) is 6.84. The van der Waals surface area contributed by atoms with E-state index in [2.05, 4.69) is 26.2 Å². The number of hydrogen-bond acceptors (Lipinski definition) is 8. The highest BCUT2D eigenvalue weighted by Gasteiger charge is 2.56. The molecule has 0 saturated carbocycles. The number of aromatic hydroxyl groups is 1. The minimum atomic E-state index is -0.682. The zero-order valence-corrected chi connectivity index (χ0v) is 26.6. The molecule has 10 heteroatoms. The van der Waals surface area contributed by atoms with Gasteiger partial charge in [0, 0.05) is 42.9 Å². The molecule has 46 heavy (non-hydrogen) atoms. The third-order valence-corrected chi connectivity index (χ3v) is 9.90. The quantitative estimate of drug-likeness (QED) is 0.137. The van der Waals surface area contributed by atoms with Gasteiger partial charge in [-0.15, -0.1) is 0 Å². The minimum Gasteiger partial charge on any atom is -0.508 e. The Hall–Kier alpha value is -4.96. The summed E-state index contributed by atoms with van der Waals surface area (Å²) in [4.78, 5) is 57.9. The van der Waals surface area contributed by atoms with Crippen molar-refractivity contribution in [1.29, 1.82) is 0 Å². The number of amides is 2. The molecule has 1 fully saturated rings. The number of phenolic OH excluding ortho intramolecular Hbond substituents is 1. The summed E-state index contributed by atoms with van der Waals surface area (Å²) in [5.41, 5.74) is 5.12. The number of carbonyl (C=O) groups is 4. The highest BCUT2D eigenvalue weighted by atomic mass is 79.9. The van der Waals surface area contributed by atoms with E-state index in [4.69, 9.17) is 0 Å². The van der Waals surface area contributed by atoms with Crippen LogP contribution in [0, 0.1) is 17.8 Å². The molecule has 2 amide bonds. The van der Waals surface area contributed by atoms with Gasteiger partial charge in [-0.1, -0.05) is 23.8 Å². The van der Waals surface area contributed by atoms with Crippen LogP contribution in [0.3, 0.4) is 0 Å². The first-order valence-corrected chi connectivity index (χ1v) is 15.8. The van der Waals surface area contributed by atoms with Gasteiger partial charge in [0.15, 0.2) is 11.6 Å². The number of anilines is 2. The summed E-state index contributed by atoms with van der Waals surface area (Å²) in [5.74, 6) is -3.35. The molecule has 3 aliphatic carbocycles. The molecule has 0 bridgehead atoms. The first-order chi connectivity index (χ1) is 22.1. The number of azo groups is 1. The molecular weight excluding hydrogens is 648 g/mol. The maximum atomic E-state index is 14.1. The van der Waals surface area contributed by atoms with E-state index in [-0.39, 0.29) is 40.0 Å². The second-order valence-electron chi connectivity index (χ2n) is 12.1. The van der Waals surface area contributed by atoms with Gasteiger partial charge in [0.2, 0.25) is 11.8 Å². The zero-order valence-electron chi connectivity index (χ0n) is 25.1. The van der Waals surface area contributed by atoms with Gasteiger partial charge in [-0.3, -0.25) is 24.1 Å². The monoisotopic (exact) mass is 676 g/mol. The summed E-state index contributed by atoms with van der Waals surface area (Å²) in [5, 5.41) is 18.5. The molecule has 3 aromatic carbocycles. The Morgan fingerprint density at radius 2 is 1.46 bits per heavy atom. The number of allylic oxidation sites excluding steroid dienone is 6. The average Bonchev–Trinajstić information content (AvgIpc) is 3.31. The Bertz CT molecular complexity index is 1920. The van der Waals surface area contributed by atoms with Crippen LogP contribution in [0.4, 0.5) is 22.7 Å². The third kappa shape index (κ3) is 4.93. The summed E-state index contributed by atoms with van der Waals surface area (Å²) >= 11 is 3.25. The van der Waals surface area contributed by atoms with Crippen molar-refractivity contribution in [3.63, 3.8) is 0 Å². The zero-order chi connectivity index (χ0) is 32.3. The van der Waals surface area contributed by atoms with Crippen LogP contribution in [0.1, 0.15) is 24.3 Å². The third-order valence-electron chi connectivity index (χ3n) is 9.31. The maximum Gasteiger partial charge on any atom is 0.238 e. The number of phenols is 1. The molecule has 7 rings (SSSR count). The molecular formula is C36H29BrN4O5. The number of hydrogen-bond donors (Lipinski definition) is 1. The van der Waals surface area contributed by atoms with Crippen molar-refractivity contribution in [2.24, 2.45) is 28.0 Å². The van der Waals surface area contributed by atoms with Gasteiger partial charge < -0.3 is 10.0 Å². The number of Topliss-reactive ketones (excluding diaryl/α,β-unsaturated/α-hetero) is 1. The van der Waals surface area contributed by atoms with Gasteiger partial charge in [-0.2, -0.15) is 10.2 Å². The normalized spacial score (nSPS) is 24.1. The van der Waals surface area contributed by atoms with E-state index in [9.17, 15) is 24.3 Å². The molecule has 230 valence electrons. The summed E-state index contributed by atoms with van der Waals surface area (Å²) in [6.45, 7) is 0. The first kappa shape index (κ1) is 29.7. The number of fused-ring (bicyclic) bond motifs is 3. The Morgan fingerprint density at radius 1 is 0.826 bits per heavy atom. The molecule has 1 heterocycles. The Balaban J connectivity index is 1.18. The van der Waals surface area contributed by atoms with Crippen molar-refractivity contribution in [2.45, 2.75) is 18.8 Å². The second-order valence-corrected chi connectivity index (χ2v) is 13.0. The Kier molecular flexibility index (Phi) is 7.39. The van der Waals surface area contributed by atoms with Crippen LogP contribution in [0.5, 0.6) is 5.75 Å². The number of ketones is 2. The molecule has 3 aromatic rings. The van der Waals surface area contributed by atoms with E-state index in [1.807, 2.05) is 49.3 Å².